The number of hydrogen-bond acceptors (Lipinski definition) is 5. The molecule has 0 radical (unpaired) electrons. The van der Waals surface area contributed by atoms with E-state index in [1.807, 2.05) is 24.3 Å². The molecule has 2 heterocycles. The van der Waals surface area contributed by atoms with Gasteiger partial charge in [0.25, 0.3) is 0 Å². The fourth-order valence-corrected chi connectivity index (χ4v) is 5.16. The van der Waals surface area contributed by atoms with Gasteiger partial charge < -0.3 is 15.3 Å². The molecule has 33 heavy (non-hydrogen) atoms. The van der Waals surface area contributed by atoms with Crippen LogP contribution in [0.4, 0.5) is 9.39 Å². The van der Waals surface area contributed by atoms with Gasteiger partial charge in [-0.25, -0.2) is 4.39 Å². The maximum absolute atomic E-state index is 15.5. The summed E-state index contributed by atoms with van der Waals surface area (Å²) in [6.07, 6.45) is 2.35. The highest BCUT2D eigenvalue weighted by Gasteiger charge is 2.29. The quantitative estimate of drug-likeness (QED) is 0.344. The third-order valence-corrected chi connectivity index (χ3v) is 6.97. The minimum Gasteiger partial charge on any atom is -0.508 e. The zero-order valence-electron chi connectivity index (χ0n) is 18.2. The fourth-order valence-electron chi connectivity index (χ4n) is 3.87. The minimum absolute atomic E-state index is 0.0765. The highest BCUT2D eigenvalue weighted by Crippen LogP contribution is 2.44. The second-order valence-corrected chi connectivity index (χ2v) is 8.95. The van der Waals surface area contributed by atoms with E-state index in [1.54, 1.807) is 25.2 Å². The predicted octanol–water partition coefficient (Wildman–Crippen LogP) is 6.13. The van der Waals surface area contributed by atoms with Gasteiger partial charge in [-0.2, -0.15) is 4.37 Å². The summed E-state index contributed by atoms with van der Waals surface area (Å²) < 4.78 is 19.9. The van der Waals surface area contributed by atoms with Gasteiger partial charge in [0, 0.05) is 30.6 Å². The Balaban J connectivity index is 0.000000385. The fraction of sp³-hybridized carbons (Fsp3) is 0.200. The highest BCUT2D eigenvalue weighted by molar-refractivity contribution is 7.11. The number of benzene rings is 3. The molecule has 1 fully saturated rings. The smallest absolute Gasteiger partial charge is 0.243 e. The van der Waals surface area contributed by atoms with Crippen LogP contribution >= 0.6 is 23.1 Å². The second-order valence-electron chi connectivity index (χ2n) is 7.80. The molecule has 0 bridgehead atoms. The number of halogens is 2. The Morgan fingerprint density at radius 3 is 2.70 bits per heavy atom. The molecule has 5 rings (SSSR count). The lowest BCUT2D eigenvalue weighted by Gasteiger charge is -2.39. The lowest BCUT2D eigenvalue weighted by Crippen LogP contribution is -2.45. The lowest BCUT2D eigenvalue weighted by molar-refractivity contribution is -0.116. The molecule has 1 saturated heterocycles. The number of hydrogen-bond donors (Lipinski definition) is 2. The van der Waals surface area contributed by atoms with Gasteiger partial charge in [-0.1, -0.05) is 42.4 Å². The van der Waals surface area contributed by atoms with Crippen LogP contribution in [0, 0.1) is 5.82 Å². The summed E-state index contributed by atoms with van der Waals surface area (Å²) in [5.74, 6) is -0.508. The van der Waals surface area contributed by atoms with Crippen molar-refractivity contribution in [2.75, 3.05) is 18.5 Å². The zero-order chi connectivity index (χ0) is 23.7. The molecule has 4 aromatic rings. The highest BCUT2D eigenvalue weighted by atomic mass is 35.5. The number of aromatic hydroxyl groups is 1. The summed E-state index contributed by atoms with van der Waals surface area (Å²) >= 11 is 7.88. The van der Waals surface area contributed by atoms with Crippen LogP contribution < -0.4 is 10.2 Å². The SMILES string of the molecule is C=CC(=O)NC.CC1CCN1c1snc2c(F)c(-c3cc(O)cc4ccccc34)c(Cl)cc12. The number of likely N-dealkylation sites (N-methyl/N-ethyl adjacent to an activating group) is 1. The van der Waals surface area contributed by atoms with Crippen LogP contribution in [0.5, 0.6) is 5.75 Å². The topological polar surface area (TPSA) is 65.5 Å². The first-order valence-corrected chi connectivity index (χ1v) is 11.6. The van der Waals surface area contributed by atoms with E-state index < -0.39 is 5.82 Å². The average Bonchev–Trinajstić information content (AvgIpc) is 3.20. The molecule has 0 saturated carbocycles. The number of aromatic nitrogens is 1. The first-order valence-electron chi connectivity index (χ1n) is 10.5. The molecule has 3 aromatic carbocycles. The molecular weight excluding hydrogens is 461 g/mol. The summed E-state index contributed by atoms with van der Waals surface area (Å²) in [7, 11) is 1.56. The molecular formula is C25H23ClFN3O2S. The van der Waals surface area contributed by atoms with Crippen molar-refractivity contribution in [1.29, 1.82) is 0 Å². The third kappa shape index (κ3) is 4.26. The number of phenols is 1. The van der Waals surface area contributed by atoms with Crippen LogP contribution in [0.3, 0.4) is 0 Å². The summed E-state index contributed by atoms with van der Waals surface area (Å²) in [6.45, 7) is 6.33. The van der Waals surface area contributed by atoms with E-state index in [2.05, 4.69) is 28.1 Å². The van der Waals surface area contributed by atoms with Crippen molar-refractivity contribution in [3.05, 3.63) is 66.0 Å². The molecule has 1 aliphatic rings. The van der Waals surface area contributed by atoms with Crippen molar-refractivity contribution in [3.8, 4) is 16.9 Å². The van der Waals surface area contributed by atoms with Crippen molar-refractivity contribution in [2.45, 2.75) is 19.4 Å². The minimum atomic E-state index is -0.441. The van der Waals surface area contributed by atoms with E-state index in [0.29, 0.717) is 22.1 Å². The summed E-state index contributed by atoms with van der Waals surface area (Å²) in [6, 6.07) is 13.0. The molecule has 8 heteroatoms. The average molecular weight is 484 g/mol. The van der Waals surface area contributed by atoms with Gasteiger partial charge in [0.15, 0.2) is 5.82 Å². The number of nitrogens with one attached hydrogen (secondary N) is 1. The van der Waals surface area contributed by atoms with E-state index in [0.717, 1.165) is 34.1 Å². The molecule has 1 atom stereocenters. The van der Waals surface area contributed by atoms with Gasteiger partial charge in [-0.05, 0) is 65.5 Å². The molecule has 5 nitrogen and oxygen atoms in total. The number of carbonyl (C=O) groups is 1. The third-order valence-electron chi connectivity index (χ3n) is 5.77. The molecule has 1 amide bonds. The Labute approximate surface area is 200 Å². The van der Waals surface area contributed by atoms with E-state index in [4.69, 9.17) is 11.6 Å². The van der Waals surface area contributed by atoms with E-state index in [-0.39, 0.29) is 17.2 Å². The van der Waals surface area contributed by atoms with Crippen LogP contribution in [-0.2, 0) is 4.79 Å². The number of phenolic OH excluding ortho intramolecular Hbond substituents is 1. The van der Waals surface area contributed by atoms with Crippen molar-refractivity contribution < 1.29 is 14.3 Å². The van der Waals surface area contributed by atoms with Crippen LogP contribution in [0.15, 0.2) is 55.1 Å². The maximum atomic E-state index is 15.5. The van der Waals surface area contributed by atoms with E-state index in [9.17, 15) is 9.90 Å². The van der Waals surface area contributed by atoms with Crippen LogP contribution in [0.2, 0.25) is 5.02 Å². The van der Waals surface area contributed by atoms with Crippen molar-refractivity contribution >= 4 is 55.7 Å². The Kier molecular flexibility index (Phi) is 6.54. The Bertz CT molecular complexity index is 1370. The Morgan fingerprint density at radius 1 is 1.33 bits per heavy atom. The van der Waals surface area contributed by atoms with Crippen LogP contribution in [0.1, 0.15) is 13.3 Å². The number of amides is 1. The van der Waals surface area contributed by atoms with Gasteiger partial charge in [0.05, 0.1) is 5.02 Å². The molecule has 1 aliphatic heterocycles. The lowest BCUT2D eigenvalue weighted by atomic mass is 9.96. The van der Waals surface area contributed by atoms with E-state index in [1.165, 1.54) is 17.6 Å². The maximum Gasteiger partial charge on any atom is 0.243 e. The van der Waals surface area contributed by atoms with Gasteiger partial charge in [-0.15, -0.1) is 0 Å². The second kappa shape index (κ2) is 9.37. The molecule has 0 spiro atoms. The molecule has 2 N–H and O–H groups in total. The van der Waals surface area contributed by atoms with E-state index >= 15 is 4.39 Å². The number of anilines is 1. The van der Waals surface area contributed by atoms with Gasteiger partial charge in [-0.3, -0.25) is 4.79 Å². The standard InChI is InChI=1S/C21H16ClFN2OS.C4H7NO/c1-11-6-7-25(11)21-16-10-17(22)18(19(23)20(16)24-27-21)15-9-13(26)8-12-4-2-3-5-14(12)15;1-3-4(6)5-2/h2-5,8-11,26H,6-7H2,1H3;3H,1H2,2H3,(H,5,6). The normalized spacial score (nSPS) is 15.0. The van der Waals surface area contributed by atoms with Crippen LogP contribution in [0.25, 0.3) is 32.8 Å². The van der Waals surface area contributed by atoms with Gasteiger partial charge in [0.1, 0.15) is 16.3 Å². The summed E-state index contributed by atoms with van der Waals surface area (Å²) in [5, 5.41) is 16.2. The summed E-state index contributed by atoms with van der Waals surface area (Å²) in [5.41, 5.74) is 1.19. The summed E-state index contributed by atoms with van der Waals surface area (Å²) in [4.78, 5) is 12.2. The number of fused-ring (bicyclic) bond motifs is 2. The molecule has 170 valence electrons. The first kappa shape index (κ1) is 23.0. The molecule has 0 aliphatic carbocycles. The van der Waals surface area contributed by atoms with Crippen LogP contribution in [-0.4, -0.2) is 35.0 Å². The van der Waals surface area contributed by atoms with Gasteiger partial charge >= 0.3 is 0 Å². The van der Waals surface area contributed by atoms with Crippen molar-refractivity contribution in [2.24, 2.45) is 0 Å². The van der Waals surface area contributed by atoms with Crippen molar-refractivity contribution in [3.63, 3.8) is 0 Å². The zero-order valence-corrected chi connectivity index (χ0v) is 19.8. The number of rotatable bonds is 3. The Morgan fingerprint density at radius 2 is 2.09 bits per heavy atom. The molecule has 1 unspecified atom stereocenters. The molecule has 1 aromatic heterocycles. The Hall–Kier alpha value is -3.16. The first-order chi connectivity index (χ1) is 15.8. The monoisotopic (exact) mass is 483 g/mol. The van der Waals surface area contributed by atoms with Crippen molar-refractivity contribution in [1.82, 2.24) is 9.69 Å². The number of nitrogens with zero attached hydrogens (tertiary/aromatic N) is 2. The van der Waals surface area contributed by atoms with Gasteiger partial charge in [0.2, 0.25) is 5.91 Å². The predicted molar refractivity (Wildman–Crippen MR) is 135 cm³/mol. The largest absolute Gasteiger partial charge is 0.508 e. The number of carbonyl (C=O) groups excluding carboxylic acids is 1.